The zero-order chi connectivity index (χ0) is 16.2. The van der Waals surface area contributed by atoms with Crippen molar-refractivity contribution in [1.29, 1.82) is 0 Å². The highest BCUT2D eigenvalue weighted by molar-refractivity contribution is 6.00. The number of hydrogen-bond acceptors (Lipinski definition) is 4. The quantitative estimate of drug-likeness (QED) is 0.908. The van der Waals surface area contributed by atoms with Gasteiger partial charge in [0.25, 0.3) is 0 Å². The third-order valence-corrected chi connectivity index (χ3v) is 3.60. The van der Waals surface area contributed by atoms with Gasteiger partial charge in [-0.05, 0) is 35.9 Å². The van der Waals surface area contributed by atoms with E-state index in [1.807, 2.05) is 18.2 Å². The molecular weight excluding hydrogens is 296 g/mol. The lowest BCUT2D eigenvalue weighted by Crippen LogP contribution is -2.19. The second-order valence-electron chi connectivity index (χ2n) is 5.07. The van der Waals surface area contributed by atoms with Gasteiger partial charge in [0.1, 0.15) is 17.2 Å². The van der Waals surface area contributed by atoms with E-state index in [0.717, 1.165) is 17.7 Å². The Hall–Kier alpha value is -2.89. The van der Waals surface area contributed by atoms with Crippen LogP contribution in [0.4, 0.5) is 16.2 Å². The third kappa shape index (κ3) is 3.31. The molecule has 0 saturated heterocycles. The average molecular weight is 314 g/mol. The van der Waals surface area contributed by atoms with Crippen LogP contribution in [0, 0.1) is 0 Å². The van der Waals surface area contributed by atoms with E-state index in [2.05, 4.69) is 10.6 Å². The molecule has 6 nitrogen and oxygen atoms in total. The Morgan fingerprint density at radius 1 is 1.09 bits per heavy atom. The first-order chi connectivity index (χ1) is 11.2. The molecule has 0 spiro atoms. The fourth-order valence-electron chi connectivity index (χ4n) is 2.46. The van der Waals surface area contributed by atoms with Crippen LogP contribution < -0.4 is 24.8 Å². The number of methoxy groups -OCH3 is 2. The lowest BCUT2D eigenvalue weighted by atomic mass is 10.1. The van der Waals surface area contributed by atoms with Crippen LogP contribution in [0.3, 0.4) is 0 Å². The van der Waals surface area contributed by atoms with Crippen molar-refractivity contribution >= 4 is 17.4 Å². The Kier molecular flexibility index (Phi) is 4.23. The molecule has 0 atom stereocenters. The number of ether oxygens (including phenoxy) is 3. The van der Waals surface area contributed by atoms with E-state index in [1.165, 1.54) is 0 Å². The zero-order valence-corrected chi connectivity index (χ0v) is 13.0. The van der Waals surface area contributed by atoms with Gasteiger partial charge in [0.2, 0.25) is 0 Å². The fraction of sp³-hybridized carbons (Fsp3) is 0.235. The van der Waals surface area contributed by atoms with Crippen LogP contribution in [0.5, 0.6) is 17.2 Å². The molecule has 1 heterocycles. The van der Waals surface area contributed by atoms with Crippen LogP contribution in [-0.4, -0.2) is 26.9 Å². The lowest BCUT2D eigenvalue weighted by molar-refractivity contribution is 0.262. The molecule has 2 aromatic rings. The lowest BCUT2D eigenvalue weighted by Gasteiger charge is -2.13. The second kappa shape index (κ2) is 6.48. The number of nitrogens with one attached hydrogen (secondary N) is 2. The summed E-state index contributed by atoms with van der Waals surface area (Å²) in [6, 6.07) is 10.5. The molecule has 0 aliphatic carbocycles. The first-order valence-electron chi connectivity index (χ1n) is 7.25. The molecule has 0 fully saturated rings. The first kappa shape index (κ1) is 15.0. The highest BCUT2D eigenvalue weighted by Gasteiger charge is 2.14. The highest BCUT2D eigenvalue weighted by Crippen LogP contribution is 2.30. The Morgan fingerprint density at radius 3 is 2.74 bits per heavy atom. The molecular formula is C17H18N2O4. The van der Waals surface area contributed by atoms with E-state index >= 15 is 0 Å². The maximum atomic E-state index is 12.2. The molecule has 3 rings (SSSR count). The van der Waals surface area contributed by atoms with E-state index in [1.54, 1.807) is 32.4 Å². The predicted molar refractivity (Wildman–Crippen MR) is 87.8 cm³/mol. The van der Waals surface area contributed by atoms with Gasteiger partial charge in [-0.2, -0.15) is 0 Å². The third-order valence-electron chi connectivity index (χ3n) is 3.60. The number of fused-ring (bicyclic) bond motifs is 1. The molecule has 2 N–H and O–H groups in total. The van der Waals surface area contributed by atoms with Crippen molar-refractivity contribution in [3.8, 4) is 17.2 Å². The van der Waals surface area contributed by atoms with Crippen molar-refractivity contribution in [1.82, 2.24) is 0 Å². The molecule has 0 radical (unpaired) electrons. The number of anilines is 2. The van der Waals surface area contributed by atoms with Crippen molar-refractivity contribution in [2.24, 2.45) is 0 Å². The normalized spacial score (nSPS) is 12.1. The van der Waals surface area contributed by atoms with Gasteiger partial charge in [-0.3, -0.25) is 0 Å². The van der Waals surface area contributed by atoms with Crippen molar-refractivity contribution in [3.63, 3.8) is 0 Å². The van der Waals surface area contributed by atoms with Gasteiger partial charge in [0, 0.05) is 18.2 Å². The first-order valence-corrected chi connectivity index (χ1v) is 7.25. The number of carbonyl (C=O) groups is 1. The monoisotopic (exact) mass is 314 g/mol. The summed E-state index contributed by atoms with van der Waals surface area (Å²) < 4.78 is 15.9. The fourth-order valence-corrected chi connectivity index (χ4v) is 2.46. The molecule has 1 aliphatic heterocycles. The molecule has 0 bridgehead atoms. The topological polar surface area (TPSA) is 68.8 Å². The molecule has 2 amide bonds. The van der Waals surface area contributed by atoms with E-state index in [4.69, 9.17) is 14.2 Å². The Morgan fingerprint density at radius 2 is 1.96 bits per heavy atom. The number of hydrogen-bond donors (Lipinski definition) is 2. The van der Waals surface area contributed by atoms with Gasteiger partial charge in [0.05, 0.1) is 26.5 Å². The van der Waals surface area contributed by atoms with Gasteiger partial charge < -0.3 is 24.8 Å². The van der Waals surface area contributed by atoms with Crippen LogP contribution in [0.2, 0.25) is 0 Å². The number of rotatable bonds is 4. The van der Waals surface area contributed by atoms with Gasteiger partial charge in [-0.25, -0.2) is 4.79 Å². The number of benzene rings is 2. The molecule has 0 unspecified atom stereocenters. The van der Waals surface area contributed by atoms with Gasteiger partial charge in [0.15, 0.2) is 0 Å². The zero-order valence-electron chi connectivity index (χ0n) is 13.0. The van der Waals surface area contributed by atoms with Crippen LogP contribution in [0.15, 0.2) is 36.4 Å². The van der Waals surface area contributed by atoms with Crippen LogP contribution >= 0.6 is 0 Å². The number of amides is 2. The van der Waals surface area contributed by atoms with E-state index < -0.39 is 0 Å². The Labute approximate surface area is 134 Å². The Balaban J connectivity index is 1.72. The molecule has 2 aromatic carbocycles. The standard InChI is InChI=1S/C17H18N2O4/c1-21-13-4-6-16(22-2)14(10-13)19-17(20)18-12-3-5-15-11(9-12)7-8-23-15/h3-6,9-10H,7-8H2,1-2H3,(H2,18,19,20). The summed E-state index contributed by atoms with van der Waals surface area (Å²) in [4.78, 5) is 12.2. The maximum Gasteiger partial charge on any atom is 0.323 e. The molecule has 1 aliphatic rings. The van der Waals surface area contributed by atoms with Crippen molar-refractivity contribution < 1.29 is 19.0 Å². The summed E-state index contributed by atoms with van der Waals surface area (Å²) >= 11 is 0. The number of urea groups is 1. The highest BCUT2D eigenvalue weighted by atomic mass is 16.5. The van der Waals surface area contributed by atoms with Crippen molar-refractivity contribution in [3.05, 3.63) is 42.0 Å². The minimum absolute atomic E-state index is 0.351. The van der Waals surface area contributed by atoms with Gasteiger partial charge >= 0.3 is 6.03 Å². The summed E-state index contributed by atoms with van der Waals surface area (Å²) in [7, 11) is 3.11. The molecule has 0 saturated carbocycles. The summed E-state index contributed by atoms with van der Waals surface area (Å²) in [5.74, 6) is 2.07. The largest absolute Gasteiger partial charge is 0.497 e. The molecule has 6 heteroatoms. The van der Waals surface area contributed by atoms with E-state index in [9.17, 15) is 4.79 Å². The van der Waals surface area contributed by atoms with Crippen molar-refractivity contribution in [2.75, 3.05) is 31.5 Å². The van der Waals surface area contributed by atoms with Crippen LogP contribution in [0.25, 0.3) is 0 Å². The van der Waals surface area contributed by atoms with Crippen LogP contribution in [-0.2, 0) is 6.42 Å². The maximum absolute atomic E-state index is 12.2. The SMILES string of the molecule is COc1ccc(OC)c(NC(=O)Nc2ccc3c(c2)CCO3)c1. The minimum Gasteiger partial charge on any atom is -0.497 e. The second-order valence-corrected chi connectivity index (χ2v) is 5.07. The molecule has 0 aromatic heterocycles. The summed E-state index contributed by atoms with van der Waals surface area (Å²) in [5, 5.41) is 5.57. The molecule has 120 valence electrons. The minimum atomic E-state index is -0.351. The van der Waals surface area contributed by atoms with E-state index in [0.29, 0.717) is 29.5 Å². The smallest absolute Gasteiger partial charge is 0.323 e. The van der Waals surface area contributed by atoms with Gasteiger partial charge in [-0.1, -0.05) is 0 Å². The van der Waals surface area contributed by atoms with Crippen LogP contribution in [0.1, 0.15) is 5.56 Å². The summed E-state index contributed by atoms with van der Waals surface area (Å²) in [6.45, 7) is 0.686. The summed E-state index contributed by atoms with van der Waals surface area (Å²) in [5.41, 5.74) is 2.35. The van der Waals surface area contributed by atoms with Gasteiger partial charge in [-0.15, -0.1) is 0 Å². The predicted octanol–water partition coefficient (Wildman–Crippen LogP) is 3.28. The van der Waals surface area contributed by atoms with Crippen molar-refractivity contribution in [2.45, 2.75) is 6.42 Å². The number of carbonyl (C=O) groups excluding carboxylic acids is 1. The van der Waals surface area contributed by atoms with E-state index in [-0.39, 0.29) is 6.03 Å². The average Bonchev–Trinajstić information content (AvgIpc) is 3.02. The Bertz CT molecular complexity index is 731. The molecule has 23 heavy (non-hydrogen) atoms. The summed E-state index contributed by atoms with van der Waals surface area (Å²) in [6.07, 6.45) is 0.857.